The van der Waals surface area contributed by atoms with Gasteiger partial charge in [-0.2, -0.15) is 10.2 Å². The maximum Gasteiger partial charge on any atom is 0.411 e. The van der Waals surface area contributed by atoms with Gasteiger partial charge in [-0.3, -0.25) is 4.79 Å². The monoisotopic (exact) mass is 514 g/mol. The summed E-state index contributed by atoms with van der Waals surface area (Å²) in [6.07, 6.45) is 1.92. The highest BCUT2D eigenvalue weighted by molar-refractivity contribution is 5.89. The minimum absolute atomic E-state index is 0.203. The molecule has 2 amide bonds. The van der Waals surface area contributed by atoms with Crippen LogP contribution in [0.3, 0.4) is 0 Å². The lowest BCUT2D eigenvalue weighted by molar-refractivity contribution is -0.120. The van der Waals surface area contributed by atoms with Crippen LogP contribution in [0, 0.1) is 0 Å². The first-order valence-corrected chi connectivity index (χ1v) is 13.1. The summed E-state index contributed by atoms with van der Waals surface area (Å²) in [6.45, 7) is 5.96. The molecule has 2 fully saturated rings. The first kappa shape index (κ1) is 25.9. The second-order valence-corrected chi connectivity index (χ2v) is 11.2. The summed E-state index contributed by atoms with van der Waals surface area (Å²) in [4.78, 5) is 26.8. The lowest BCUT2D eigenvalue weighted by Gasteiger charge is -2.45. The Morgan fingerprint density at radius 2 is 1.74 bits per heavy atom. The highest BCUT2D eigenvalue weighted by atomic mass is 16.6. The van der Waals surface area contributed by atoms with Crippen molar-refractivity contribution >= 4 is 12.0 Å². The number of hydrogen-bond acceptors (Lipinski definition) is 6. The van der Waals surface area contributed by atoms with Crippen LogP contribution in [-0.4, -0.2) is 44.4 Å². The van der Waals surface area contributed by atoms with E-state index in [1.807, 2.05) is 73.7 Å². The van der Waals surface area contributed by atoms with E-state index in [2.05, 4.69) is 10.2 Å². The lowest BCUT2D eigenvalue weighted by Crippen LogP contribution is -2.51. The van der Waals surface area contributed by atoms with Crippen molar-refractivity contribution < 1.29 is 19.4 Å². The second kappa shape index (κ2) is 9.51. The predicted octanol–water partition coefficient (Wildman–Crippen LogP) is 4.62. The molecule has 0 unspecified atom stereocenters. The Hall–Kier alpha value is -3.78. The van der Waals surface area contributed by atoms with Crippen LogP contribution < -0.4 is 5.73 Å². The number of aliphatic hydroxyl groups is 1. The van der Waals surface area contributed by atoms with Crippen molar-refractivity contribution in [2.75, 3.05) is 6.54 Å². The molecule has 3 aromatic rings. The Morgan fingerprint density at radius 3 is 2.26 bits per heavy atom. The van der Waals surface area contributed by atoms with Crippen molar-refractivity contribution in [2.45, 2.75) is 69.1 Å². The molecule has 2 aromatic carbocycles. The summed E-state index contributed by atoms with van der Waals surface area (Å²) in [6, 6.07) is 21.0. The fourth-order valence-corrected chi connectivity index (χ4v) is 5.50. The Balaban J connectivity index is 1.30. The van der Waals surface area contributed by atoms with Crippen molar-refractivity contribution in [1.82, 2.24) is 15.1 Å². The Kier molecular flexibility index (Phi) is 6.47. The third kappa shape index (κ3) is 4.88. The van der Waals surface area contributed by atoms with E-state index in [-0.39, 0.29) is 11.9 Å². The number of carbonyl (C=O) groups is 2. The van der Waals surface area contributed by atoms with Crippen molar-refractivity contribution in [1.29, 1.82) is 0 Å². The topological polar surface area (TPSA) is 119 Å². The number of amides is 2. The van der Waals surface area contributed by atoms with E-state index in [9.17, 15) is 14.7 Å². The van der Waals surface area contributed by atoms with Gasteiger partial charge in [0.15, 0.2) is 0 Å². The van der Waals surface area contributed by atoms with Crippen LogP contribution in [0.4, 0.5) is 4.79 Å². The van der Waals surface area contributed by atoms with Gasteiger partial charge in [0.2, 0.25) is 5.91 Å². The van der Waals surface area contributed by atoms with Crippen LogP contribution in [0.1, 0.15) is 69.3 Å². The van der Waals surface area contributed by atoms with Gasteiger partial charge in [-0.1, -0.05) is 54.6 Å². The highest BCUT2D eigenvalue weighted by Crippen LogP contribution is 2.47. The predicted molar refractivity (Wildman–Crippen MR) is 143 cm³/mol. The molecule has 38 heavy (non-hydrogen) atoms. The second-order valence-electron chi connectivity index (χ2n) is 11.2. The molecular formula is C30H34N4O4. The zero-order valence-electron chi connectivity index (χ0n) is 22.1. The Morgan fingerprint density at radius 1 is 1.05 bits per heavy atom. The van der Waals surface area contributed by atoms with E-state index in [0.29, 0.717) is 43.6 Å². The number of cyclic esters (lactones) is 1. The number of nitrogens with zero attached hydrogens (tertiary/aromatic N) is 3. The van der Waals surface area contributed by atoms with E-state index in [4.69, 9.17) is 10.5 Å². The number of aromatic nitrogens is 2. The lowest BCUT2D eigenvalue weighted by atomic mass is 9.80. The van der Waals surface area contributed by atoms with Crippen LogP contribution in [0.15, 0.2) is 66.7 Å². The molecule has 8 nitrogen and oxygen atoms in total. The van der Waals surface area contributed by atoms with Crippen LogP contribution in [0.2, 0.25) is 0 Å². The van der Waals surface area contributed by atoms with E-state index in [1.54, 1.807) is 18.7 Å². The molecule has 5 rings (SSSR count). The van der Waals surface area contributed by atoms with Gasteiger partial charge >= 0.3 is 6.09 Å². The highest BCUT2D eigenvalue weighted by Gasteiger charge is 2.51. The Labute approximate surface area is 222 Å². The van der Waals surface area contributed by atoms with Gasteiger partial charge < -0.3 is 20.5 Å². The summed E-state index contributed by atoms with van der Waals surface area (Å²) in [5.41, 5.74) is 7.08. The summed E-state index contributed by atoms with van der Waals surface area (Å²) in [5, 5.41) is 19.2. The largest absolute Gasteiger partial charge is 0.438 e. The quantitative estimate of drug-likeness (QED) is 0.453. The number of rotatable bonds is 8. The minimum Gasteiger partial charge on any atom is -0.438 e. The number of primary amides is 1. The van der Waals surface area contributed by atoms with Crippen LogP contribution in [0.5, 0.6) is 0 Å². The maximum atomic E-state index is 13.3. The summed E-state index contributed by atoms with van der Waals surface area (Å²) >= 11 is 0. The zero-order chi connectivity index (χ0) is 27.1. The van der Waals surface area contributed by atoms with Crippen molar-refractivity contribution in [3.63, 3.8) is 0 Å². The van der Waals surface area contributed by atoms with E-state index in [0.717, 1.165) is 16.7 Å². The molecule has 3 N–H and O–H groups in total. The number of benzene rings is 2. The van der Waals surface area contributed by atoms with Crippen LogP contribution in [-0.2, 0) is 20.5 Å². The third-order valence-corrected chi connectivity index (χ3v) is 7.82. The molecule has 198 valence electrons. The van der Waals surface area contributed by atoms with E-state index in [1.165, 1.54) is 0 Å². The fourth-order valence-electron chi connectivity index (χ4n) is 5.50. The average Bonchev–Trinajstić information content (AvgIpc) is 3.71. The SMILES string of the molecule is C[C@@H](c1ccc(-c2ccc(C3(C(N)=O)CC3)nn2)cc1)N1CC[C@](CC(C)(C)O)(c2ccccc2)OC1=O. The average molecular weight is 515 g/mol. The number of ether oxygens (including phenoxy) is 1. The molecule has 1 aliphatic carbocycles. The summed E-state index contributed by atoms with van der Waals surface area (Å²) in [7, 11) is 0. The summed E-state index contributed by atoms with van der Waals surface area (Å²) < 4.78 is 6.12. The molecule has 0 bridgehead atoms. The standard InChI is InChI=1S/C30H34N4O4/c1-20(34-18-17-30(38-27(34)36,19-28(2,3)37)23-7-5-4-6-8-23)21-9-11-22(12-10-21)24-13-14-25(33-32-24)29(15-16-29)26(31)35/h4-14,20,37H,15-19H2,1-3H3,(H2,31,35)/t20-,30-/m0/s1. The molecule has 1 aromatic heterocycles. The van der Waals surface area contributed by atoms with Crippen LogP contribution >= 0.6 is 0 Å². The van der Waals surface area contributed by atoms with E-state index >= 15 is 0 Å². The normalized spacial score (nSPS) is 21.5. The fraction of sp³-hybridized carbons (Fsp3) is 0.400. The minimum atomic E-state index is -1.00. The molecule has 1 saturated heterocycles. The van der Waals surface area contributed by atoms with Crippen molar-refractivity contribution in [2.24, 2.45) is 5.73 Å². The van der Waals surface area contributed by atoms with Gasteiger partial charge in [0.25, 0.3) is 0 Å². The van der Waals surface area contributed by atoms with Gasteiger partial charge in [-0.15, -0.1) is 0 Å². The molecule has 0 radical (unpaired) electrons. The van der Waals surface area contributed by atoms with Crippen LogP contribution in [0.25, 0.3) is 11.3 Å². The van der Waals surface area contributed by atoms with Gasteiger partial charge in [-0.05, 0) is 56.9 Å². The molecule has 1 aliphatic heterocycles. The number of hydrogen-bond donors (Lipinski definition) is 2. The maximum absolute atomic E-state index is 13.3. The smallest absolute Gasteiger partial charge is 0.411 e. The molecule has 2 aliphatic rings. The molecule has 8 heteroatoms. The van der Waals surface area contributed by atoms with Gasteiger partial charge in [0, 0.05) is 24.9 Å². The molecule has 2 atom stereocenters. The first-order valence-electron chi connectivity index (χ1n) is 13.1. The zero-order valence-corrected chi connectivity index (χ0v) is 22.1. The van der Waals surface area contributed by atoms with Gasteiger partial charge in [0.1, 0.15) is 5.60 Å². The number of nitrogens with two attached hydrogens (primary N) is 1. The first-order chi connectivity index (χ1) is 18.0. The van der Waals surface area contributed by atoms with E-state index < -0.39 is 22.7 Å². The molecule has 0 spiro atoms. The molecular weight excluding hydrogens is 480 g/mol. The van der Waals surface area contributed by atoms with Gasteiger partial charge in [-0.25, -0.2) is 4.79 Å². The molecule has 1 saturated carbocycles. The summed E-state index contributed by atoms with van der Waals surface area (Å²) in [5.74, 6) is -0.352. The Bertz CT molecular complexity index is 1320. The third-order valence-electron chi connectivity index (χ3n) is 7.82. The van der Waals surface area contributed by atoms with Crippen molar-refractivity contribution in [3.8, 4) is 11.3 Å². The number of carbonyl (C=O) groups excluding carboxylic acids is 2. The van der Waals surface area contributed by atoms with Crippen molar-refractivity contribution in [3.05, 3.63) is 83.6 Å². The van der Waals surface area contributed by atoms with Gasteiger partial charge in [0.05, 0.1) is 28.4 Å². The molecule has 2 heterocycles.